The maximum Gasteiger partial charge on any atom is 0.229 e. The molecule has 1 amide bonds. The Morgan fingerprint density at radius 1 is 1.24 bits per heavy atom. The van der Waals surface area contributed by atoms with Crippen molar-refractivity contribution in [1.82, 2.24) is 14.8 Å². The Morgan fingerprint density at radius 3 is 2.66 bits per heavy atom. The van der Waals surface area contributed by atoms with Crippen molar-refractivity contribution >= 4 is 11.7 Å². The molecule has 3 aromatic rings. The summed E-state index contributed by atoms with van der Waals surface area (Å²) in [6.07, 6.45) is 3.42. The maximum absolute atomic E-state index is 14.3. The number of nitrogens with one attached hydrogen (secondary N) is 1. The molecule has 1 N–H and O–H groups in total. The van der Waals surface area contributed by atoms with Gasteiger partial charge in [-0.2, -0.15) is 10.4 Å². The van der Waals surface area contributed by atoms with E-state index in [0.29, 0.717) is 23.5 Å². The molecule has 0 radical (unpaired) electrons. The Kier molecular flexibility index (Phi) is 5.06. The molecule has 0 bridgehead atoms. The second-order valence-electron chi connectivity index (χ2n) is 6.93. The lowest BCUT2D eigenvalue weighted by Crippen LogP contribution is -2.42. The van der Waals surface area contributed by atoms with Gasteiger partial charge in [0.1, 0.15) is 6.07 Å². The van der Waals surface area contributed by atoms with Gasteiger partial charge in [0.2, 0.25) is 5.91 Å². The zero-order valence-electron chi connectivity index (χ0n) is 15.5. The number of rotatable bonds is 6. The van der Waals surface area contributed by atoms with Crippen molar-refractivity contribution in [3.8, 4) is 6.07 Å². The first-order valence-corrected chi connectivity index (χ1v) is 9.08. The molecular weight excluding hydrogens is 373 g/mol. The summed E-state index contributed by atoms with van der Waals surface area (Å²) in [5.41, 5.74) is 1.21. The van der Waals surface area contributed by atoms with Crippen molar-refractivity contribution in [2.45, 2.75) is 18.6 Å². The second-order valence-corrected chi connectivity index (χ2v) is 6.93. The van der Waals surface area contributed by atoms with Crippen LogP contribution in [0.4, 0.5) is 10.2 Å². The van der Waals surface area contributed by atoms with E-state index in [0.717, 1.165) is 11.3 Å². The third-order valence-corrected chi connectivity index (χ3v) is 4.68. The van der Waals surface area contributed by atoms with Crippen molar-refractivity contribution in [3.05, 3.63) is 77.2 Å². The van der Waals surface area contributed by atoms with Gasteiger partial charge in [-0.25, -0.2) is 4.39 Å². The van der Waals surface area contributed by atoms with Crippen LogP contribution in [-0.2, 0) is 28.2 Å². The van der Waals surface area contributed by atoms with E-state index in [-0.39, 0.29) is 25.5 Å². The van der Waals surface area contributed by atoms with Crippen molar-refractivity contribution in [3.63, 3.8) is 0 Å². The van der Waals surface area contributed by atoms with Crippen molar-refractivity contribution < 1.29 is 13.9 Å². The minimum Gasteiger partial charge on any atom is -0.374 e. The average Bonchev–Trinajstić information content (AvgIpc) is 3.14. The minimum atomic E-state index is -1.41. The number of halogens is 1. The first-order valence-electron chi connectivity index (χ1n) is 9.08. The van der Waals surface area contributed by atoms with Crippen LogP contribution in [0.2, 0.25) is 0 Å². The quantitative estimate of drug-likeness (QED) is 0.697. The number of nitriles is 1. The Labute approximate surface area is 166 Å². The van der Waals surface area contributed by atoms with E-state index in [4.69, 9.17) is 10.00 Å². The number of carbonyl (C=O) groups excluding carboxylic acids is 1. The molecule has 29 heavy (non-hydrogen) atoms. The molecule has 1 saturated heterocycles. The summed E-state index contributed by atoms with van der Waals surface area (Å²) in [5.74, 6) is 0.232. The first kappa shape index (κ1) is 18.8. The van der Waals surface area contributed by atoms with Crippen LogP contribution in [0.25, 0.3) is 0 Å². The fraction of sp³-hybridized carbons (Fsp3) is 0.238. The van der Waals surface area contributed by atoms with Gasteiger partial charge in [-0.1, -0.05) is 24.3 Å². The van der Waals surface area contributed by atoms with Gasteiger partial charge in [0.15, 0.2) is 11.5 Å². The molecule has 1 aromatic carbocycles. The van der Waals surface area contributed by atoms with Gasteiger partial charge < -0.3 is 10.1 Å². The average molecular weight is 391 g/mol. The molecule has 0 atom stereocenters. The highest BCUT2D eigenvalue weighted by molar-refractivity contribution is 5.91. The van der Waals surface area contributed by atoms with Gasteiger partial charge in [0, 0.05) is 18.5 Å². The molecule has 0 spiro atoms. The highest BCUT2D eigenvalue weighted by Crippen LogP contribution is 2.33. The molecule has 0 unspecified atom stereocenters. The zero-order valence-corrected chi connectivity index (χ0v) is 15.5. The Balaban J connectivity index is 1.32. The lowest BCUT2D eigenvalue weighted by atomic mass is 9.93. The Morgan fingerprint density at radius 2 is 2.03 bits per heavy atom. The molecule has 1 aliphatic rings. The molecule has 2 aromatic heterocycles. The van der Waals surface area contributed by atoms with Gasteiger partial charge in [-0.15, -0.1) is 0 Å². The van der Waals surface area contributed by atoms with Gasteiger partial charge in [0.05, 0.1) is 37.4 Å². The van der Waals surface area contributed by atoms with Crippen LogP contribution in [0.3, 0.4) is 0 Å². The normalized spacial score (nSPS) is 14.6. The van der Waals surface area contributed by atoms with Crippen LogP contribution in [0.5, 0.6) is 0 Å². The van der Waals surface area contributed by atoms with Crippen LogP contribution < -0.4 is 5.32 Å². The number of ether oxygens (including phenoxy) is 1. The second kappa shape index (κ2) is 7.81. The molecule has 8 heteroatoms. The summed E-state index contributed by atoms with van der Waals surface area (Å²) >= 11 is 0. The molecule has 1 fully saturated rings. The summed E-state index contributed by atoms with van der Waals surface area (Å²) in [5, 5.41) is 15.9. The zero-order chi connectivity index (χ0) is 20.3. The van der Waals surface area contributed by atoms with Crippen LogP contribution >= 0.6 is 0 Å². The van der Waals surface area contributed by atoms with E-state index >= 15 is 0 Å². The fourth-order valence-corrected chi connectivity index (χ4v) is 3.01. The lowest BCUT2D eigenvalue weighted by molar-refractivity contribution is -0.135. The molecule has 0 saturated carbocycles. The van der Waals surface area contributed by atoms with Gasteiger partial charge in [-0.05, 0) is 23.3 Å². The molecule has 7 nitrogen and oxygen atoms in total. The maximum atomic E-state index is 14.3. The SMILES string of the molecule is N#Cc1ccc(Cn2ccc(NC(=O)Cc3ccc(C4(F)COC4)cc3)n2)nc1. The number of pyridine rings is 1. The van der Waals surface area contributed by atoms with Gasteiger partial charge in [0.25, 0.3) is 0 Å². The van der Waals surface area contributed by atoms with E-state index in [2.05, 4.69) is 15.4 Å². The van der Waals surface area contributed by atoms with Crippen LogP contribution in [0.1, 0.15) is 22.4 Å². The number of benzene rings is 1. The summed E-state index contributed by atoms with van der Waals surface area (Å²) in [4.78, 5) is 16.5. The number of aromatic nitrogens is 3. The molecule has 4 rings (SSSR count). The van der Waals surface area contributed by atoms with E-state index in [1.54, 1.807) is 53.3 Å². The van der Waals surface area contributed by atoms with E-state index in [9.17, 15) is 9.18 Å². The van der Waals surface area contributed by atoms with Crippen molar-refractivity contribution in [2.75, 3.05) is 18.5 Å². The highest BCUT2D eigenvalue weighted by atomic mass is 19.1. The van der Waals surface area contributed by atoms with E-state index < -0.39 is 5.67 Å². The number of nitrogens with zero attached hydrogens (tertiary/aromatic N) is 4. The smallest absolute Gasteiger partial charge is 0.229 e. The number of alkyl halides is 1. The third-order valence-electron chi connectivity index (χ3n) is 4.68. The predicted molar refractivity (Wildman–Crippen MR) is 103 cm³/mol. The van der Waals surface area contributed by atoms with E-state index in [1.807, 2.05) is 6.07 Å². The summed E-state index contributed by atoms with van der Waals surface area (Å²) < 4.78 is 20.9. The molecule has 1 aliphatic heterocycles. The summed E-state index contributed by atoms with van der Waals surface area (Å²) in [6, 6.07) is 14.1. The van der Waals surface area contributed by atoms with Crippen molar-refractivity contribution in [2.24, 2.45) is 0 Å². The first-order chi connectivity index (χ1) is 14.0. The molecule has 0 aliphatic carbocycles. The molecule has 146 valence electrons. The van der Waals surface area contributed by atoms with E-state index in [1.165, 1.54) is 6.20 Å². The largest absolute Gasteiger partial charge is 0.374 e. The highest BCUT2D eigenvalue weighted by Gasteiger charge is 2.40. The lowest BCUT2D eigenvalue weighted by Gasteiger charge is -2.34. The minimum absolute atomic E-state index is 0.0769. The monoisotopic (exact) mass is 391 g/mol. The predicted octanol–water partition coefficient (Wildman–Crippen LogP) is 2.57. The van der Waals surface area contributed by atoms with Crippen molar-refractivity contribution in [1.29, 1.82) is 5.26 Å². The van der Waals surface area contributed by atoms with Crippen LogP contribution in [0.15, 0.2) is 54.9 Å². The van der Waals surface area contributed by atoms with Gasteiger partial charge in [-0.3, -0.25) is 14.5 Å². The number of hydrogen-bond acceptors (Lipinski definition) is 5. The fourth-order valence-electron chi connectivity index (χ4n) is 3.01. The Bertz CT molecular complexity index is 1050. The third kappa shape index (κ3) is 4.31. The van der Waals surface area contributed by atoms with Crippen LogP contribution in [-0.4, -0.2) is 33.9 Å². The Hall–Kier alpha value is -3.57. The summed E-state index contributed by atoms with van der Waals surface area (Å²) in [6.45, 7) is 0.582. The topological polar surface area (TPSA) is 92.8 Å². The van der Waals surface area contributed by atoms with Crippen LogP contribution in [0, 0.1) is 11.3 Å². The number of anilines is 1. The number of hydrogen-bond donors (Lipinski definition) is 1. The molecular formula is C21H18FN5O2. The standard InChI is InChI=1S/C21H18FN5O2/c22-21(13-29-14-21)17-4-1-15(2-5-17)9-20(28)25-19-7-8-27(26-19)12-18-6-3-16(10-23)11-24-18/h1-8,11H,9,12-14H2,(H,25,26,28). The molecule has 3 heterocycles. The summed E-state index contributed by atoms with van der Waals surface area (Å²) in [7, 11) is 0. The van der Waals surface area contributed by atoms with Gasteiger partial charge >= 0.3 is 0 Å². The number of amides is 1. The number of carbonyl (C=O) groups is 1.